The lowest BCUT2D eigenvalue weighted by molar-refractivity contribution is -0.124. The summed E-state index contributed by atoms with van der Waals surface area (Å²) in [5, 5.41) is 11.2. The molecule has 3 aromatic heterocycles. The zero-order valence-corrected chi connectivity index (χ0v) is 25.0. The van der Waals surface area contributed by atoms with Gasteiger partial charge in [-0.1, -0.05) is 13.8 Å². The predicted octanol–water partition coefficient (Wildman–Crippen LogP) is 6.90. The third-order valence-corrected chi connectivity index (χ3v) is 9.97. The molecule has 5 rings (SSSR count). The van der Waals surface area contributed by atoms with Crippen LogP contribution in [-0.2, 0) is 4.79 Å². The Bertz CT molecular complexity index is 1290. The Morgan fingerprint density at radius 1 is 1.07 bits per heavy atom. The number of hydrogen-bond donors (Lipinski definition) is 1. The highest BCUT2D eigenvalue weighted by Gasteiger charge is 2.33. The van der Waals surface area contributed by atoms with E-state index in [4.69, 9.17) is 14.7 Å². The maximum Gasteiger partial charge on any atom is 0.231 e. The molecule has 1 N–H and O–H groups in total. The van der Waals surface area contributed by atoms with Gasteiger partial charge < -0.3 is 9.84 Å². The highest BCUT2D eigenvalue weighted by molar-refractivity contribution is 7.15. The molecule has 2 aliphatic rings. The van der Waals surface area contributed by atoms with Crippen molar-refractivity contribution in [3.8, 4) is 16.2 Å². The lowest BCUT2D eigenvalue weighted by atomic mass is 9.79. The summed E-state index contributed by atoms with van der Waals surface area (Å²) in [6.45, 7) is 6.99. The number of rotatable bonds is 8. The van der Waals surface area contributed by atoms with E-state index in [0.29, 0.717) is 37.1 Å². The number of anilines is 1. The van der Waals surface area contributed by atoms with Gasteiger partial charge in [-0.2, -0.15) is 0 Å². The highest BCUT2D eigenvalue weighted by atomic mass is 32.1. The number of ether oxygens (including phenoxy) is 1. The first kappa shape index (κ1) is 28.7. The van der Waals surface area contributed by atoms with Crippen molar-refractivity contribution in [1.29, 1.82) is 0 Å². The molecule has 2 fully saturated rings. The normalized spacial score (nSPS) is 23.2. The number of methoxy groups -OCH3 is 1. The fourth-order valence-electron chi connectivity index (χ4n) is 6.16. The van der Waals surface area contributed by atoms with Crippen molar-refractivity contribution >= 4 is 23.1 Å². The fraction of sp³-hybridized carbons (Fsp3) is 0.562. The summed E-state index contributed by atoms with van der Waals surface area (Å²) in [5.74, 6) is 2.87. The summed E-state index contributed by atoms with van der Waals surface area (Å²) < 4.78 is 5.39. The van der Waals surface area contributed by atoms with Gasteiger partial charge in [-0.05, 0) is 94.0 Å². The number of aliphatic hydroxyl groups is 1. The number of aliphatic hydroxyl groups excluding tert-OH is 1. The molecule has 3 aromatic rings. The maximum absolute atomic E-state index is 14.0. The van der Waals surface area contributed by atoms with Gasteiger partial charge in [-0.15, -0.1) is 11.3 Å². The van der Waals surface area contributed by atoms with Gasteiger partial charge >= 0.3 is 0 Å². The summed E-state index contributed by atoms with van der Waals surface area (Å²) in [7, 11) is 1.68. The molecule has 0 spiro atoms. The minimum absolute atomic E-state index is 0.0624. The molecule has 0 aromatic carbocycles. The van der Waals surface area contributed by atoms with Crippen LogP contribution in [0.15, 0.2) is 36.7 Å². The van der Waals surface area contributed by atoms with Crippen molar-refractivity contribution in [3.05, 3.63) is 53.1 Å². The van der Waals surface area contributed by atoms with Gasteiger partial charge in [0.25, 0.3) is 0 Å². The molecule has 0 bridgehead atoms. The number of hydrogen-bond acceptors (Lipinski definition) is 7. The van der Waals surface area contributed by atoms with Gasteiger partial charge in [0, 0.05) is 42.4 Å². The second-order valence-corrected chi connectivity index (χ2v) is 12.9. The Morgan fingerprint density at radius 2 is 1.82 bits per heavy atom. The third kappa shape index (κ3) is 6.55. The summed E-state index contributed by atoms with van der Waals surface area (Å²) in [4.78, 5) is 31.2. The van der Waals surface area contributed by atoms with Crippen LogP contribution in [0.3, 0.4) is 0 Å². The number of pyridine rings is 2. The number of thiazole rings is 1. The molecule has 40 heavy (non-hydrogen) atoms. The van der Waals surface area contributed by atoms with Crippen molar-refractivity contribution < 1.29 is 14.6 Å². The van der Waals surface area contributed by atoms with E-state index in [0.717, 1.165) is 76.9 Å². The van der Waals surface area contributed by atoms with E-state index in [9.17, 15) is 9.90 Å². The molecule has 7 nitrogen and oxygen atoms in total. The molecule has 2 aliphatic carbocycles. The zero-order chi connectivity index (χ0) is 28.2. The molecule has 0 saturated heterocycles. The van der Waals surface area contributed by atoms with Gasteiger partial charge in [0.2, 0.25) is 5.91 Å². The molecular weight excluding hydrogens is 520 g/mol. The second kappa shape index (κ2) is 12.8. The summed E-state index contributed by atoms with van der Waals surface area (Å²) in [5.41, 5.74) is 3.13. The van der Waals surface area contributed by atoms with E-state index in [2.05, 4.69) is 31.0 Å². The minimum atomic E-state index is -0.286. The van der Waals surface area contributed by atoms with Crippen LogP contribution in [0.5, 0.6) is 5.75 Å². The van der Waals surface area contributed by atoms with Crippen molar-refractivity contribution in [2.45, 2.75) is 90.1 Å². The number of amides is 1. The first-order chi connectivity index (χ1) is 19.3. The predicted molar refractivity (Wildman–Crippen MR) is 160 cm³/mol. The van der Waals surface area contributed by atoms with Gasteiger partial charge in [-0.3, -0.25) is 14.7 Å². The van der Waals surface area contributed by atoms with Crippen LogP contribution in [0.2, 0.25) is 0 Å². The van der Waals surface area contributed by atoms with Gasteiger partial charge in [0.15, 0.2) is 0 Å². The largest absolute Gasteiger partial charge is 0.495 e. The Hall–Kier alpha value is -2.84. The Kier molecular flexibility index (Phi) is 9.16. The van der Waals surface area contributed by atoms with Gasteiger partial charge in [0.05, 0.1) is 28.8 Å². The SMILES string of the molecule is COc1ccc(C2CCC(CN(C(=O)C3CCC(O)CC3)c3cc(-c4cnc(C(C)C)s4)ccn3)CC2)nc1C. The van der Waals surface area contributed by atoms with Crippen LogP contribution >= 0.6 is 11.3 Å². The van der Waals surface area contributed by atoms with Crippen molar-refractivity contribution in [1.82, 2.24) is 15.0 Å². The van der Waals surface area contributed by atoms with Gasteiger partial charge in [-0.25, -0.2) is 9.97 Å². The number of carbonyl (C=O) groups excluding carboxylic acids is 1. The second-order valence-electron chi connectivity index (χ2n) is 11.8. The van der Waals surface area contributed by atoms with Crippen LogP contribution in [0, 0.1) is 18.8 Å². The lowest BCUT2D eigenvalue weighted by Gasteiger charge is -2.35. The molecule has 1 amide bonds. The Morgan fingerprint density at radius 3 is 2.48 bits per heavy atom. The average Bonchev–Trinajstić information content (AvgIpc) is 3.47. The van der Waals surface area contributed by atoms with E-state index in [1.807, 2.05) is 36.4 Å². The molecule has 2 saturated carbocycles. The topological polar surface area (TPSA) is 88.4 Å². The van der Waals surface area contributed by atoms with Crippen LogP contribution in [0.25, 0.3) is 10.4 Å². The van der Waals surface area contributed by atoms with Crippen LogP contribution in [-0.4, -0.2) is 45.7 Å². The van der Waals surface area contributed by atoms with Crippen LogP contribution < -0.4 is 9.64 Å². The lowest BCUT2D eigenvalue weighted by Crippen LogP contribution is -2.42. The van der Waals surface area contributed by atoms with Crippen molar-refractivity contribution in [2.75, 3.05) is 18.6 Å². The smallest absolute Gasteiger partial charge is 0.231 e. The number of aromatic nitrogens is 3. The third-order valence-electron chi connectivity index (χ3n) is 8.62. The van der Waals surface area contributed by atoms with E-state index in [1.165, 1.54) is 0 Å². The molecule has 3 heterocycles. The molecule has 0 unspecified atom stereocenters. The van der Waals surface area contributed by atoms with Crippen LogP contribution in [0.1, 0.15) is 93.4 Å². The van der Waals surface area contributed by atoms with E-state index in [-0.39, 0.29) is 17.9 Å². The summed E-state index contributed by atoms with van der Waals surface area (Å²) in [6.07, 6.45) is 10.5. The molecule has 214 valence electrons. The van der Waals surface area contributed by atoms with Gasteiger partial charge in [0.1, 0.15) is 11.6 Å². The number of aryl methyl sites for hydroxylation is 1. The molecule has 0 atom stereocenters. The first-order valence-electron chi connectivity index (χ1n) is 14.8. The Labute approximate surface area is 242 Å². The van der Waals surface area contributed by atoms with Crippen molar-refractivity contribution in [2.24, 2.45) is 11.8 Å². The molecular formula is C32H42N4O3S. The summed E-state index contributed by atoms with van der Waals surface area (Å²) >= 11 is 1.70. The fourth-order valence-corrected chi connectivity index (χ4v) is 7.07. The van der Waals surface area contributed by atoms with E-state index < -0.39 is 0 Å². The molecule has 0 radical (unpaired) electrons. The standard InChI is InChI=1S/C32H42N4O3S/c1-20(2)31-34-18-29(40-31)25-15-16-33-30(17-25)36(32(38)24-9-11-26(37)12-10-24)19-22-5-7-23(8-6-22)27-13-14-28(39-4)21(3)35-27/h13-18,20,22-24,26,37H,5-12,19H2,1-4H3. The minimum Gasteiger partial charge on any atom is -0.495 e. The quantitative estimate of drug-likeness (QED) is 0.321. The van der Waals surface area contributed by atoms with E-state index in [1.54, 1.807) is 18.4 Å². The van der Waals surface area contributed by atoms with Crippen molar-refractivity contribution in [3.63, 3.8) is 0 Å². The number of nitrogens with zero attached hydrogens (tertiary/aromatic N) is 4. The van der Waals surface area contributed by atoms with E-state index >= 15 is 0 Å². The number of carbonyl (C=O) groups is 1. The maximum atomic E-state index is 14.0. The average molecular weight is 563 g/mol. The monoisotopic (exact) mass is 562 g/mol. The molecule has 0 aliphatic heterocycles. The zero-order valence-electron chi connectivity index (χ0n) is 24.2. The van der Waals surface area contributed by atoms with Crippen LogP contribution in [0.4, 0.5) is 5.82 Å². The first-order valence-corrected chi connectivity index (χ1v) is 15.6. The Balaban J connectivity index is 1.33. The highest BCUT2D eigenvalue weighted by Crippen LogP contribution is 2.38. The molecule has 8 heteroatoms. The summed E-state index contributed by atoms with van der Waals surface area (Å²) in [6, 6.07) is 8.19.